The van der Waals surface area contributed by atoms with Crippen LogP contribution in [0.25, 0.3) is 0 Å². The van der Waals surface area contributed by atoms with E-state index in [2.05, 4.69) is 10.6 Å². The summed E-state index contributed by atoms with van der Waals surface area (Å²) in [6, 6.07) is 0. The zero-order chi connectivity index (χ0) is 21.2. The van der Waals surface area contributed by atoms with E-state index in [4.69, 9.17) is 13.7 Å². The van der Waals surface area contributed by atoms with Crippen molar-refractivity contribution in [3.05, 3.63) is 0 Å². The summed E-state index contributed by atoms with van der Waals surface area (Å²) in [6.45, 7) is 6.38. The van der Waals surface area contributed by atoms with Crippen LogP contribution in [0.2, 0.25) is 0 Å². The molecule has 1 amide bonds. The molecule has 1 fully saturated rings. The quantitative estimate of drug-likeness (QED) is 0.201. The van der Waals surface area contributed by atoms with E-state index >= 15 is 0 Å². The second-order valence-electron chi connectivity index (χ2n) is 7.40. The van der Waals surface area contributed by atoms with Crippen LogP contribution in [0.3, 0.4) is 0 Å². The van der Waals surface area contributed by atoms with Gasteiger partial charge in [0.15, 0.2) is 6.10 Å². The second-order valence-corrected chi connectivity index (χ2v) is 9.16. The number of aliphatic hydroxyl groups excluding tert-OH is 1. The molecule has 1 aliphatic heterocycles. The molecular weight excluding hydrogens is 428 g/mol. The lowest BCUT2D eigenvalue weighted by Crippen LogP contribution is -2.42. The van der Waals surface area contributed by atoms with Gasteiger partial charge >= 0.3 is 5.97 Å². The lowest BCUT2D eigenvalue weighted by atomic mass is 9.88. The predicted molar refractivity (Wildman–Crippen MR) is 108 cm³/mol. The first-order valence-electron chi connectivity index (χ1n) is 9.32. The molecule has 2 unspecified atom stereocenters. The van der Waals surface area contributed by atoms with Crippen LogP contribution >= 0.6 is 12.4 Å². The lowest BCUT2D eigenvalue weighted by molar-refractivity contribution is -0.162. The number of morpholine rings is 1. The standard InChI is InChI=1S/C17H32N2O8S.ClH/c1-13(20)19-6-4-10-28(23,24)27-12-17(2,3)15(21)16(22)26-8-5-14-11-18-7-9-25-14;/h14-15,18,21H,4-12H2,1-3H3,(H,19,20);1H. The van der Waals surface area contributed by atoms with E-state index in [0.717, 1.165) is 6.54 Å². The maximum absolute atomic E-state index is 12.1. The average Bonchev–Trinajstić information content (AvgIpc) is 2.64. The molecule has 0 radical (unpaired) electrons. The normalized spacial score (nSPS) is 18.4. The number of ether oxygens (including phenoxy) is 2. The fourth-order valence-corrected chi connectivity index (χ4v) is 3.49. The molecule has 0 aromatic rings. The first kappa shape index (κ1) is 28.0. The molecule has 0 aromatic heterocycles. The molecule has 12 heteroatoms. The highest BCUT2D eigenvalue weighted by atomic mass is 35.5. The van der Waals surface area contributed by atoms with Gasteiger partial charge in [-0.15, -0.1) is 12.4 Å². The van der Waals surface area contributed by atoms with E-state index in [0.29, 0.717) is 19.6 Å². The number of aliphatic hydroxyl groups is 1. The number of carbonyl (C=O) groups is 2. The highest BCUT2D eigenvalue weighted by molar-refractivity contribution is 7.86. The molecule has 1 saturated heterocycles. The molecule has 10 nitrogen and oxygen atoms in total. The summed E-state index contributed by atoms with van der Waals surface area (Å²) in [5.74, 6) is -1.35. The highest BCUT2D eigenvalue weighted by Gasteiger charge is 2.36. The van der Waals surface area contributed by atoms with Crippen molar-refractivity contribution in [2.24, 2.45) is 5.41 Å². The van der Waals surface area contributed by atoms with Gasteiger partial charge in [-0.3, -0.25) is 8.98 Å². The van der Waals surface area contributed by atoms with E-state index < -0.39 is 27.6 Å². The van der Waals surface area contributed by atoms with Crippen LogP contribution in [0.4, 0.5) is 0 Å². The summed E-state index contributed by atoms with van der Waals surface area (Å²) in [6.07, 6.45) is -0.874. The van der Waals surface area contributed by atoms with Crippen LogP contribution in [0.5, 0.6) is 0 Å². The van der Waals surface area contributed by atoms with Gasteiger partial charge in [0.1, 0.15) is 0 Å². The summed E-state index contributed by atoms with van der Waals surface area (Å²) in [4.78, 5) is 22.8. The topological polar surface area (TPSA) is 140 Å². The van der Waals surface area contributed by atoms with Gasteiger partial charge in [0.25, 0.3) is 10.1 Å². The van der Waals surface area contributed by atoms with Gasteiger partial charge in [-0.05, 0) is 6.42 Å². The Morgan fingerprint density at radius 1 is 1.38 bits per heavy atom. The summed E-state index contributed by atoms with van der Waals surface area (Å²) in [5.41, 5.74) is -1.16. The Labute approximate surface area is 178 Å². The molecule has 0 bridgehead atoms. The van der Waals surface area contributed by atoms with Gasteiger partial charge in [-0.2, -0.15) is 8.42 Å². The number of carbonyl (C=O) groups excluding carboxylic acids is 2. The highest BCUT2D eigenvalue weighted by Crippen LogP contribution is 2.23. The van der Waals surface area contributed by atoms with Crippen LogP contribution in [0.15, 0.2) is 0 Å². The van der Waals surface area contributed by atoms with Crippen LogP contribution in [-0.2, 0) is 33.4 Å². The second kappa shape index (κ2) is 13.3. The van der Waals surface area contributed by atoms with E-state index in [9.17, 15) is 23.1 Å². The number of amides is 1. The van der Waals surface area contributed by atoms with Crippen LogP contribution in [0.1, 0.15) is 33.6 Å². The van der Waals surface area contributed by atoms with Crippen LogP contribution in [0, 0.1) is 5.41 Å². The first-order chi connectivity index (χ1) is 13.0. The summed E-state index contributed by atoms with van der Waals surface area (Å²) >= 11 is 0. The summed E-state index contributed by atoms with van der Waals surface area (Å²) < 4.78 is 39.3. The molecule has 1 aliphatic rings. The molecule has 1 rings (SSSR count). The van der Waals surface area contributed by atoms with Crippen molar-refractivity contribution in [3.63, 3.8) is 0 Å². The Balaban J connectivity index is 0.00000784. The molecule has 172 valence electrons. The Hall–Kier alpha value is -0.980. The summed E-state index contributed by atoms with van der Waals surface area (Å²) in [5, 5.41) is 15.9. The fraction of sp³-hybridized carbons (Fsp3) is 0.882. The SMILES string of the molecule is CC(=O)NCCCS(=O)(=O)OCC(C)(C)C(O)C(=O)OCCC1CNCCO1.Cl. The Bertz CT molecular complexity index is 609. The Morgan fingerprint density at radius 3 is 2.66 bits per heavy atom. The van der Waals surface area contributed by atoms with Gasteiger partial charge in [0, 0.05) is 38.4 Å². The van der Waals surface area contributed by atoms with Crippen molar-refractivity contribution in [1.82, 2.24) is 10.6 Å². The largest absolute Gasteiger partial charge is 0.464 e. The zero-order valence-corrected chi connectivity index (χ0v) is 18.8. The molecule has 1 heterocycles. The van der Waals surface area contributed by atoms with Gasteiger partial charge in [-0.1, -0.05) is 13.8 Å². The Morgan fingerprint density at radius 2 is 2.07 bits per heavy atom. The van der Waals surface area contributed by atoms with Crippen molar-refractivity contribution < 1.29 is 36.8 Å². The molecule has 2 atom stereocenters. The van der Waals surface area contributed by atoms with E-state index in [-0.39, 0.29) is 56.4 Å². The summed E-state index contributed by atoms with van der Waals surface area (Å²) in [7, 11) is -3.84. The molecule has 0 aliphatic carbocycles. The molecule has 0 aromatic carbocycles. The third-order valence-corrected chi connectivity index (χ3v) is 5.47. The monoisotopic (exact) mass is 460 g/mol. The van der Waals surface area contributed by atoms with Crippen LogP contribution < -0.4 is 10.6 Å². The van der Waals surface area contributed by atoms with Gasteiger partial charge < -0.3 is 25.2 Å². The minimum absolute atomic E-state index is 0. The van der Waals surface area contributed by atoms with Crippen molar-refractivity contribution in [1.29, 1.82) is 0 Å². The maximum Gasteiger partial charge on any atom is 0.335 e. The molecule has 3 N–H and O–H groups in total. The minimum Gasteiger partial charge on any atom is -0.464 e. The lowest BCUT2D eigenvalue weighted by Gasteiger charge is -2.28. The van der Waals surface area contributed by atoms with Crippen molar-refractivity contribution >= 4 is 34.4 Å². The van der Waals surface area contributed by atoms with Crippen LogP contribution in [-0.4, -0.2) is 82.8 Å². The van der Waals surface area contributed by atoms with Gasteiger partial charge in [0.2, 0.25) is 5.91 Å². The molecule has 0 saturated carbocycles. The number of hydrogen-bond acceptors (Lipinski definition) is 9. The van der Waals surface area contributed by atoms with E-state index in [1.807, 2.05) is 0 Å². The molecule has 29 heavy (non-hydrogen) atoms. The van der Waals surface area contributed by atoms with Crippen molar-refractivity contribution in [2.45, 2.75) is 45.8 Å². The number of esters is 1. The predicted octanol–water partition coefficient (Wildman–Crippen LogP) is -0.410. The van der Waals surface area contributed by atoms with Gasteiger partial charge in [0.05, 0.1) is 31.7 Å². The smallest absolute Gasteiger partial charge is 0.335 e. The average molecular weight is 461 g/mol. The van der Waals surface area contributed by atoms with E-state index in [1.54, 1.807) is 0 Å². The molecular formula is C17H33ClN2O8S. The first-order valence-corrected chi connectivity index (χ1v) is 10.9. The number of halogens is 1. The van der Waals surface area contributed by atoms with Gasteiger partial charge in [-0.25, -0.2) is 4.79 Å². The maximum atomic E-state index is 12.1. The van der Waals surface area contributed by atoms with Crippen molar-refractivity contribution in [3.8, 4) is 0 Å². The fourth-order valence-electron chi connectivity index (χ4n) is 2.39. The van der Waals surface area contributed by atoms with Crippen molar-refractivity contribution in [2.75, 3.05) is 45.2 Å². The molecule has 0 spiro atoms. The zero-order valence-electron chi connectivity index (χ0n) is 17.1. The minimum atomic E-state index is -3.84. The van der Waals surface area contributed by atoms with E-state index in [1.165, 1.54) is 20.8 Å². The number of hydrogen-bond donors (Lipinski definition) is 3. The number of rotatable bonds is 12. The third kappa shape index (κ3) is 11.7. The Kier molecular flexibility index (Phi) is 12.9. The third-order valence-electron chi connectivity index (χ3n) is 4.21. The number of nitrogens with one attached hydrogen (secondary N) is 2.